The highest BCUT2D eigenvalue weighted by molar-refractivity contribution is 7.90. The van der Waals surface area contributed by atoms with E-state index in [0.29, 0.717) is 18.4 Å². The van der Waals surface area contributed by atoms with E-state index in [4.69, 9.17) is 4.84 Å². The molecule has 242 valence electrons. The van der Waals surface area contributed by atoms with Gasteiger partial charge in [-0.1, -0.05) is 42.5 Å². The Hall–Kier alpha value is -2.75. The molecule has 8 nitrogen and oxygen atoms in total. The summed E-state index contributed by atoms with van der Waals surface area (Å²) in [6, 6.07) is 17.7. The molecule has 2 heterocycles. The van der Waals surface area contributed by atoms with Gasteiger partial charge in [0.1, 0.15) is 0 Å². The standard InChI is InChI=1S/C35H51N3O5S/c1-6-38(33(39)26-27-12-14-31(15-13-27)44(5,41)42)30-18-21-36(22-19-30)23-20-32(28-10-8-7-9-11-28)29-16-24-37(25-17-29)43-34(40)35(2,3)4/h7-15,29-30,32H,6,16-26H2,1-5H3. The number of nitrogens with zero attached hydrogens (tertiary/aromatic N) is 3. The SMILES string of the molecule is CCN(C(=O)Cc1ccc(S(C)(=O)=O)cc1)C1CCN(CCC(c2ccccc2)C2CCN(OC(=O)C(C)(C)C)CC2)CC1. The molecule has 2 aliphatic rings. The van der Waals surface area contributed by atoms with Crippen molar-refractivity contribution in [3.05, 3.63) is 65.7 Å². The van der Waals surface area contributed by atoms with Crippen LogP contribution in [0.3, 0.4) is 0 Å². The predicted octanol–water partition coefficient (Wildman–Crippen LogP) is 5.34. The van der Waals surface area contributed by atoms with E-state index in [1.165, 1.54) is 11.8 Å². The molecular weight excluding hydrogens is 574 g/mol. The smallest absolute Gasteiger partial charge is 0.330 e. The fraction of sp³-hybridized carbons (Fsp3) is 0.600. The van der Waals surface area contributed by atoms with E-state index in [2.05, 4.69) is 35.2 Å². The van der Waals surface area contributed by atoms with Crippen LogP contribution in [-0.4, -0.2) is 86.7 Å². The Kier molecular flexibility index (Phi) is 11.7. The maximum atomic E-state index is 13.2. The van der Waals surface area contributed by atoms with Crippen LogP contribution in [0.25, 0.3) is 0 Å². The van der Waals surface area contributed by atoms with Crippen molar-refractivity contribution in [1.29, 1.82) is 0 Å². The number of carbonyl (C=O) groups is 2. The third-order valence-corrected chi connectivity index (χ3v) is 10.4. The monoisotopic (exact) mass is 625 g/mol. The summed E-state index contributed by atoms with van der Waals surface area (Å²) >= 11 is 0. The van der Waals surface area contributed by atoms with Crippen LogP contribution in [0.2, 0.25) is 0 Å². The molecule has 0 saturated carbocycles. The maximum absolute atomic E-state index is 13.2. The number of likely N-dealkylation sites (N-methyl/N-ethyl adjacent to an activating group) is 1. The molecule has 2 aromatic carbocycles. The van der Waals surface area contributed by atoms with Gasteiger partial charge in [0, 0.05) is 45.0 Å². The van der Waals surface area contributed by atoms with Crippen LogP contribution < -0.4 is 0 Å². The molecular formula is C35H51N3O5S. The van der Waals surface area contributed by atoms with Crippen molar-refractivity contribution >= 4 is 21.7 Å². The lowest BCUT2D eigenvalue weighted by atomic mass is 9.78. The van der Waals surface area contributed by atoms with Crippen LogP contribution in [0, 0.1) is 11.3 Å². The molecule has 1 unspecified atom stereocenters. The number of amides is 1. The molecule has 2 aliphatic heterocycles. The predicted molar refractivity (Wildman–Crippen MR) is 174 cm³/mol. The molecule has 0 aromatic heterocycles. The molecule has 0 bridgehead atoms. The largest absolute Gasteiger partial charge is 0.367 e. The van der Waals surface area contributed by atoms with E-state index in [9.17, 15) is 18.0 Å². The number of carbonyl (C=O) groups excluding carboxylic acids is 2. The van der Waals surface area contributed by atoms with Gasteiger partial charge in [0.15, 0.2) is 9.84 Å². The van der Waals surface area contributed by atoms with Crippen LogP contribution >= 0.6 is 0 Å². The summed E-state index contributed by atoms with van der Waals surface area (Å²) in [5.74, 6) is 0.920. The van der Waals surface area contributed by atoms with Crippen molar-refractivity contribution in [3.63, 3.8) is 0 Å². The van der Waals surface area contributed by atoms with Gasteiger partial charge in [-0.2, -0.15) is 0 Å². The zero-order valence-electron chi connectivity index (χ0n) is 27.2. The number of hydroxylamine groups is 2. The van der Waals surface area contributed by atoms with Gasteiger partial charge in [-0.05, 0) is 101 Å². The summed E-state index contributed by atoms with van der Waals surface area (Å²) in [5.41, 5.74) is 1.72. The lowest BCUT2D eigenvalue weighted by Gasteiger charge is -2.40. The number of hydrogen-bond acceptors (Lipinski definition) is 7. The zero-order valence-corrected chi connectivity index (χ0v) is 28.0. The van der Waals surface area contributed by atoms with Crippen molar-refractivity contribution in [1.82, 2.24) is 14.9 Å². The Morgan fingerprint density at radius 1 is 0.932 bits per heavy atom. The average molecular weight is 626 g/mol. The first-order valence-corrected chi connectivity index (χ1v) is 18.1. The molecule has 1 atom stereocenters. The number of hydrogen-bond donors (Lipinski definition) is 0. The minimum Gasteiger partial charge on any atom is -0.367 e. The minimum absolute atomic E-state index is 0.0988. The molecule has 2 saturated heterocycles. The van der Waals surface area contributed by atoms with Crippen LogP contribution in [0.15, 0.2) is 59.5 Å². The van der Waals surface area contributed by atoms with Crippen molar-refractivity contribution in [3.8, 4) is 0 Å². The van der Waals surface area contributed by atoms with Gasteiger partial charge in [-0.3, -0.25) is 4.79 Å². The molecule has 9 heteroatoms. The normalized spacial score (nSPS) is 18.6. The molecule has 2 fully saturated rings. The molecule has 0 radical (unpaired) electrons. The van der Waals surface area contributed by atoms with Crippen molar-refractivity contribution in [2.45, 2.75) is 83.1 Å². The fourth-order valence-corrected chi connectivity index (χ4v) is 7.17. The maximum Gasteiger partial charge on any atom is 0.330 e. The third kappa shape index (κ3) is 9.38. The number of rotatable bonds is 11. The van der Waals surface area contributed by atoms with Gasteiger partial charge < -0.3 is 14.6 Å². The van der Waals surface area contributed by atoms with Gasteiger partial charge in [0.25, 0.3) is 0 Å². The van der Waals surface area contributed by atoms with Crippen molar-refractivity contribution < 1.29 is 22.8 Å². The summed E-state index contributed by atoms with van der Waals surface area (Å²) in [5, 5.41) is 1.85. The summed E-state index contributed by atoms with van der Waals surface area (Å²) in [6.45, 7) is 12.9. The molecule has 2 aromatic rings. The number of piperidine rings is 2. The van der Waals surface area contributed by atoms with Gasteiger partial charge in [0.05, 0.1) is 16.7 Å². The zero-order chi connectivity index (χ0) is 31.9. The van der Waals surface area contributed by atoms with Crippen molar-refractivity contribution in [2.24, 2.45) is 11.3 Å². The van der Waals surface area contributed by atoms with Crippen LogP contribution in [-0.2, 0) is 30.7 Å². The Morgan fingerprint density at radius 2 is 1.55 bits per heavy atom. The topological polar surface area (TPSA) is 87.2 Å². The first-order chi connectivity index (χ1) is 20.8. The quantitative estimate of drug-likeness (QED) is 0.333. The van der Waals surface area contributed by atoms with Gasteiger partial charge in [-0.25, -0.2) is 13.2 Å². The number of benzene rings is 2. The Balaban J connectivity index is 1.28. The summed E-state index contributed by atoms with van der Waals surface area (Å²) in [7, 11) is -3.25. The highest BCUT2D eigenvalue weighted by Crippen LogP contribution is 2.36. The summed E-state index contributed by atoms with van der Waals surface area (Å²) in [4.78, 5) is 36.1. The van der Waals surface area contributed by atoms with Crippen LogP contribution in [0.4, 0.5) is 0 Å². The lowest BCUT2D eigenvalue weighted by Crippen LogP contribution is -2.48. The molecule has 0 aliphatic carbocycles. The molecule has 0 spiro atoms. The van der Waals surface area contributed by atoms with E-state index in [1.54, 1.807) is 24.3 Å². The van der Waals surface area contributed by atoms with E-state index < -0.39 is 15.3 Å². The second-order valence-corrected chi connectivity index (χ2v) is 15.6. The third-order valence-electron chi connectivity index (χ3n) is 9.24. The Labute approximate surface area is 264 Å². The fourth-order valence-electron chi connectivity index (χ4n) is 6.54. The highest BCUT2D eigenvalue weighted by Gasteiger charge is 2.33. The van der Waals surface area contributed by atoms with Gasteiger partial charge in [0.2, 0.25) is 5.91 Å². The Bertz CT molecular complexity index is 1320. The van der Waals surface area contributed by atoms with Crippen molar-refractivity contribution in [2.75, 3.05) is 45.5 Å². The van der Waals surface area contributed by atoms with Gasteiger partial charge >= 0.3 is 5.97 Å². The average Bonchev–Trinajstić information content (AvgIpc) is 2.99. The molecule has 0 N–H and O–H groups in total. The highest BCUT2D eigenvalue weighted by atomic mass is 32.2. The van der Waals surface area contributed by atoms with E-state index in [1.807, 2.05) is 37.7 Å². The summed E-state index contributed by atoms with van der Waals surface area (Å²) < 4.78 is 23.5. The molecule has 4 rings (SSSR count). The minimum atomic E-state index is -3.25. The van der Waals surface area contributed by atoms with Gasteiger partial charge in [-0.15, -0.1) is 5.06 Å². The van der Waals surface area contributed by atoms with E-state index in [-0.39, 0.29) is 29.2 Å². The van der Waals surface area contributed by atoms with E-state index >= 15 is 0 Å². The van der Waals surface area contributed by atoms with Crippen LogP contribution in [0.5, 0.6) is 0 Å². The van der Waals surface area contributed by atoms with Crippen LogP contribution in [0.1, 0.15) is 76.8 Å². The van der Waals surface area contributed by atoms with E-state index in [0.717, 1.165) is 70.4 Å². The summed E-state index contributed by atoms with van der Waals surface area (Å²) in [6.07, 6.45) is 6.48. The second kappa shape index (κ2) is 15.0. The first kappa shape index (κ1) is 34.1. The Morgan fingerprint density at radius 3 is 2.09 bits per heavy atom. The lowest BCUT2D eigenvalue weighted by molar-refractivity contribution is -0.206. The second-order valence-electron chi connectivity index (χ2n) is 13.5. The molecule has 1 amide bonds. The first-order valence-electron chi connectivity index (χ1n) is 16.2. The number of likely N-dealkylation sites (tertiary alicyclic amines) is 1. The number of sulfone groups is 1. The molecule has 44 heavy (non-hydrogen) atoms.